The zero-order valence-corrected chi connectivity index (χ0v) is 27.9. The van der Waals surface area contributed by atoms with Gasteiger partial charge in [0.2, 0.25) is 0 Å². The fraction of sp³-hybridized carbons (Fsp3) is 0.515. The molecule has 2 N–H and O–H groups in total. The third-order valence-corrected chi connectivity index (χ3v) is 11.7. The van der Waals surface area contributed by atoms with Crippen molar-refractivity contribution in [2.75, 3.05) is 50.9 Å². The van der Waals surface area contributed by atoms with Crippen LogP contribution in [0.3, 0.4) is 0 Å². The highest BCUT2D eigenvalue weighted by Gasteiger charge is 2.47. The van der Waals surface area contributed by atoms with E-state index in [1.807, 2.05) is 24.0 Å². The van der Waals surface area contributed by atoms with Crippen molar-refractivity contribution in [3.8, 4) is 17.3 Å². The molecule has 0 radical (unpaired) electrons. The van der Waals surface area contributed by atoms with E-state index in [2.05, 4.69) is 20.0 Å². The molecule has 2 atom stereocenters. The lowest BCUT2D eigenvalue weighted by atomic mass is 9.94. The molecule has 3 saturated heterocycles. The van der Waals surface area contributed by atoms with Crippen molar-refractivity contribution in [1.82, 2.24) is 34.8 Å². The Bertz CT molecular complexity index is 2090. The molecule has 0 amide bonds. The second-order valence-corrected chi connectivity index (χ2v) is 15.4. The van der Waals surface area contributed by atoms with Crippen LogP contribution in [0.15, 0.2) is 24.2 Å². The van der Waals surface area contributed by atoms with Crippen molar-refractivity contribution < 1.29 is 19.0 Å². The van der Waals surface area contributed by atoms with Gasteiger partial charge < -0.3 is 19.5 Å². The average molecular weight is 679 g/mol. The Kier molecular flexibility index (Phi) is 6.85. The first-order chi connectivity index (χ1) is 22.7. The molecular formula is C33H36ClFN8O3S. The number of hydrogen-bond acceptors (Lipinski definition) is 10. The summed E-state index contributed by atoms with van der Waals surface area (Å²) in [5.41, 5.74) is 4.24. The van der Waals surface area contributed by atoms with Crippen molar-refractivity contribution >= 4 is 60.1 Å². The number of nitrogens with zero attached hydrogens (tertiary/aromatic N) is 7. The van der Waals surface area contributed by atoms with Gasteiger partial charge in [0.1, 0.15) is 28.6 Å². The third kappa shape index (κ3) is 4.84. The van der Waals surface area contributed by atoms with Gasteiger partial charge in [0, 0.05) is 36.1 Å². The normalized spacial score (nSPS) is 26.3. The van der Waals surface area contributed by atoms with Gasteiger partial charge in [0.25, 0.3) is 0 Å². The van der Waals surface area contributed by atoms with Gasteiger partial charge in [0.05, 0.1) is 58.9 Å². The van der Waals surface area contributed by atoms with E-state index in [0.29, 0.717) is 51.0 Å². The number of halogens is 2. The monoisotopic (exact) mass is 678 g/mol. The number of ether oxygens (including phenoxy) is 2. The van der Waals surface area contributed by atoms with E-state index >= 15 is 0 Å². The Hall–Kier alpha value is -3.36. The van der Waals surface area contributed by atoms with Crippen LogP contribution in [-0.2, 0) is 11.8 Å². The minimum atomic E-state index is -1.07. The first kappa shape index (κ1) is 29.8. The molecule has 0 bridgehead atoms. The van der Waals surface area contributed by atoms with Gasteiger partial charge in [-0.25, -0.2) is 4.39 Å². The molecule has 1 saturated carbocycles. The van der Waals surface area contributed by atoms with Crippen LogP contribution in [0.5, 0.6) is 6.01 Å². The largest absolute Gasteiger partial charge is 0.461 e. The van der Waals surface area contributed by atoms with Gasteiger partial charge in [-0.05, 0) is 68.7 Å². The van der Waals surface area contributed by atoms with Crippen molar-refractivity contribution in [1.29, 1.82) is 0 Å². The number of aliphatic hydroxyl groups is 1. The number of hydrogen-bond donors (Lipinski definition) is 2. The van der Waals surface area contributed by atoms with Crippen LogP contribution < -0.4 is 9.64 Å². The van der Waals surface area contributed by atoms with Crippen LogP contribution in [0.1, 0.15) is 50.5 Å². The van der Waals surface area contributed by atoms with Crippen LogP contribution in [0.2, 0.25) is 5.02 Å². The van der Waals surface area contributed by atoms with Crippen LogP contribution in [0.4, 0.5) is 10.2 Å². The quantitative estimate of drug-likeness (QED) is 0.233. The lowest BCUT2D eigenvalue weighted by Crippen LogP contribution is -2.43. The smallest absolute Gasteiger partial charge is 0.319 e. The molecule has 4 aromatic heterocycles. The zero-order chi connectivity index (χ0) is 32.1. The first-order valence-corrected chi connectivity index (χ1v) is 17.5. The van der Waals surface area contributed by atoms with E-state index in [4.69, 9.17) is 36.1 Å². The molecular weight excluding hydrogens is 643 g/mol. The SMILES string of the molecule is Cn1nc(-c2c(C3CC3)c(Cl)cc3[nH]ncc23)c2sc3nc(OC[C@@]45CCCN4C/C(=C\F)C5)nc(N4CCOC[C@@](C)(O)C4)c3c21. The highest BCUT2D eigenvalue weighted by molar-refractivity contribution is 7.26. The number of anilines is 1. The van der Waals surface area contributed by atoms with Crippen LogP contribution >= 0.6 is 22.9 Å². The number of thiophene rings is 1. The van der Waals surface area contributed by atoms with Crippen LogP contribution in [0, 0.1) is 0 Å². The summed E-state index contributed by atoms with van der Waals surface area (Å²) in [7, 11) is 1.95. The molecule has 0 spiro atoms. The summed E-state index contributed by atoms with van der Waals surface area (Å²) in [5, 5.41) is 26.3. The van der Waals surface area contributed by atoms with Gasteiger partial charge >= 0.3 is 6.01 Å². The Balaban J connectivity index is 1.22. The maximum atomic E-state index is 13.6. The summed E-state index contributed by atoms with van der Waals surface area (Å²) in [4.78, 5) is 15.2. The minimum absolute atomic E-state index is 0.234. The Morgan fingerprint density at radius 3 is 3.00 bits per heavy atom. The number of rotatable bonds is 6. The minimum Gasteiger partial charge on any atom is -0.461 e. The third-order valence-electron chi connectivity index (χ3n) is 10.3. The topological polar surface area (TPSA) is 117 Å². The number of aromatic nitrogens is 6. The molecule has 5 aromatic rings. The van der Waals surface area contributed by atoms with Crippen LogP contribution in [-0.4, -0.2) is 97.1 Å². The number of aromatic amines is 1. The molecule has 1 aliphatic carbocycles. The molecule has 4 aliphatic rings. The molecule has 0 unspecified atom stereocenters. The van der Waals surface area contributed by atoms with E-state index in [1.54, 1.807) is 18.3 Å². The molecule has 11 nitrogen and oxygen atoms in total. The van der Waals surface area contributed by atoms with E-state index in [-0.39, 0.29) is 18.2 Å². The van der Waals surface area contributed by atoms with Crippen molar-refractivity contribution in [2.45, 2.75) is 56.1 Å². The molecule has 47 heavy (non-hydrogen) atoms. The Morgan fingerprint density at radius 2 is 2.17 bits per heavy atom. The van der Waals surface area contributed by atoms with Gasteiger partial charge in [-0.1, -0.05) is 11.6 Å². The lowest BCUT2D eigenvalue weighted by molar-refractivity contribution is -0.0123. The standard InChI is InChI=1S/C33H36ClFN8O3S/c1-32(44)15-42(8-9-45-16-32)29-25-27-28(26(40-41(27)2)24-20-13-36-39-22(20)10-21(34)23(24)19-4-5-19)47-30(25)38-31(37-29)46-17-33-6-3-7-43(33)14-18(11-33)12-35/h10,12-13,19,44H,3-9,11,14-17H2,1-2H3,(H,36,39)/b18-12-/t32-,33-/m0/s1. The summed E-state index contributed by atoms with van der Waals surface area (Å²) < 4.78 is 28.7. The summed E-state index contributed by atoms with van der Waals surface area (Å²) in [6.45, 7) is 5.28. The van der Waals surface area contributed by atoms with Crippen molar-refractivity contribution in [2.24, 2.45) is 7.05 Å². The van der Waals surface area contributed by atoms with Crippen molar-refractivity contribution in [3.63, 3.8) is 0 Å². The Morgan fingerprint density at radius 1 is 1.30 bits per heavy atom. The molecule has 4 fully saturated rings. The molecule has 1 aromatic carbocycles. The summed E-state index contributed by atoms with van der Waals surface area (Å²) in [5.74, 6) is 1.06. The molecule has 9 rings (SSSR count). The first-order valence-electron chi connectivity index (χ1n) is 16.3. The van der Waals surface area contributed by atoms with Gasteiger partial charge in [0.15, 0.2) is 0 Å². The fourth-order valence-electron chi connectivity index (χ4n) is 8.06. The van der Waals surface area contributed by atoms with E-state index < -0.39 is 5.60 Å². The average Bonchev–Trinajstić information content (AvgIpc) is 3.30. The predicted molar refractivity (Wildman–Crippen MR) is 180 cm³/mol. The molecule has 3 aliphatic heterocycles. The highest BCUT2D eigenvalue weighted by atomic mass is 35.5. The van der Waals surface area contributed by atoms with Gasteiger partial charge in [-0.2, -0.15) is 20.2 Å². The maximum absolute atomic E-state index is 13.6. The van der Waals surface area contributed by atoms with Crippen molar-refractivity contribution in [3.05, 3.63) is 34.8 Å². The fourth-order valence-corrected chi connectivity index (χ4v) is 9.59. The summed E-state index contributed by atoms with van der Waals surface area (Å²) in [6, 6.07) is 2.24. The molecule has 7 heterocycles. The summed E-state index contributed by atoms with van der Waals surface area (Å²) >= 11 is 8.50. The van der Waals surface area contributed by atoms with E-state index in [0.717, 1.165) is 97.3 Å². The number of benzene rings is 1. The zero-order valence-electron chi connectivity index (χ0n) is 26.4. The highest BCUT2D eigenvalue weighted by Crippen LogP contribution is 2.52. The van der Waals surface area contributed by atoms with Gasteiger partial charge in [-0.3, -0.25) is 14.7 Å². The van der Waals surface area contributed by atoms with E-state index in [1.165, 1.54) is 0 Å². The molecule has 246 valence electrons. The number of H-pyrrole nitrogens is 1. The second kappa shape index (κ2) is 10.8. The number of nitrogens with one attached hydrogen (secondary N) is 1. The second-order valence-electron chi connectivity index (χ2n) is 14.0. The van der Waals surface area contributed by atoms with Gasteiger partial charge in [-0.15, -0.1) is 11.3 Å². The van der Waals surface area contributed by atoms with E-state index in [9.17, 15) is 9.50 Å². The Labute approximate surface area is 279 Å². The predicted octanol–water partition coefficient (Wildman–Crippen LogP) is 5.71. The number of fused-ring (bicyclic) bond motifs is 5. The maximum Gasteiger partial charge on any atom is 0.319 e. The lowest BCUT2D eigenvalue weighted by Gasteiger charge is -2.31. The summed E-state index contributed by atoms with van der Waals surface area (Å²) in [6.07, 6.45) is 7.43. The number of β-amino-alcohol motifs (C(OH)–C–C–N with tert-alkyl or cyclic N) is 1. The number of aryl methyl sites for hydroxylation is 1. The van der Waals surface area contributed by atoms with Crippen LogP contribution in [0.25, 0.3) is 42.6 Å². The molecule has 14 heteroatoms.